The number of fused-ring (bicyclic) bond motifs is 2. The van der Waals surface area contributed by atoms with Gasteiger partial charge in [0, 0.05) is 18.8 Å². The van der Waals surface area contributed by atoms with E-state index in [1.165, 1.54) is 0 Å². The van der Waals surface area contributed by atoms with E-state index in [9.17, 15) is 9.90 Å². The van der Waals surface area contributed by atoms with Gasteiger partial charge in [-0.15, -0.1) is 5.10 Å². The van der Waals surface area contributed by atoms with E-state index in [4.69, 9.17) is 0 Å². The van der Waals surface area contributed by atoms with E-state index in [1.807, 2.05) is 36.4 Å². The fourth-order valence-electron chi connectivity index (χ4n) is 3.94. The van der Waals surface area contributed by atoms with E-state index in [0.717, 1.165) is 53.9 Å². The molecule has 0 bridgehead atoms. The maximum absolute atomic E-state index is 11.8. The Bertz CT molecular complexity index is 1230. The number of aliphatic hydroxyl groups excluding tert-OH is 1. The van der Waals surface area contributed by atoms with E-state index in [-0.39, 0.29) is 11.8 Å². The Balaban J connectivity index is 1.40. The Morgan fingerprint density at radius 3 is 2.83 bits per heavy atom. The first kappa shape index (κ1) is 17.7. The van der Waals surface area contributed by atoms with E-state index in [1.54, 1.807) is 16.1 Å². The highest BCUT2D eigenvalue weighted by Crippen LogP contribution is 2.24. The number of hydrogen-bond donors (Lipinski definition) is 4. The molecule has 4 N–H and O–H groups in total. The van der Waals surface area contributed by atoms with Crippen molar-refractivity contribution in [3.05, 3.63) is 46.9 Å². The van der Waals surface area contributed by atoms with Crippen LogP contribution in [0, 0.1) is 0 Å². The van der Waals surface area contributed by atoms with Gasteiger partial charge in [0.2, 0.25) is 5.95 Å². The topological polar surface area (TPSA) is 112 Å². The van der Waals surface area contributed by atoms with Crippen molar-refractivity contribution < 1.29 is 5.11 Å². The third-order valence-corrected chi connectivity index (χ3v) is 5.57. The quantitative estimate of drug-likeness (QED) is 0.423. The Morgan fingerprint density at radius 1 is 1.17 bits per heavy atom. The predicted octanol–water partition coefficient (Wildman–Crippen LogP) is 2.37. The van der Waals surface area contributed by atoms with Crippen molar-refractivity contribution in [1.82, 2.24) is 24.1 Å². The molecule has 0 unspecified atom stereocenters. The minimum Gasteiger partial charge on any atom is -0.393 e. The predicted molar refractivity (Wildman–Crippen MR) is 112 cm³/mol. The van der Waals surface area contributed by atoms with Gasteiger partial charge in [-0.2, -0.15) is 9.50 Å². The highest BCUT2D eigenvalue weighted by molar-refractivity contribution is 5.80. The van der Waals surface area contributed by atoms with Crippen LogP contribution in [0.3, 0.4) is 0 Å². The highest BCUT2D eigenvalue weighted by atomic mass is 16.3. The van der Waals surface area contributed by atoms with Crippen molar-refractivity contribution in [2.45, 2.75) is 37.8 Å². The average molecular weight is 393 g/mol. The SMILES string of the molecule is Cn1c(=O)[nH]c2cc(Nc3nc4cccc(N[C@H]5CC[C@@H](O)CC5)n4n3)ccc21. The van der Waals surface area contributed by atoms with Gasteiger partial charge in [-0.3, -0.25) is 4.57 Å². The number of aromatic nitrogens is 5. The first-order valence-corrected chi connectivity index (χ1v) is 9.83. The second-order valence-corrected chi connectivity index (χ2v) is 7.61. The van der Waals surface area contributed by atoms with Crippen LogP contribution in [-0.4, -0.2) is 41.4 Å². The number of anilines is 3. The zero-order valence-corrected chi connectivity index (χ0v) is 16.1. The smallest absolute Gasteiger partial charge is 0.326 e. The third-order valence-electron chi connectivity index (χ3n) is 5.57. The number of nitrogens with zero attached hydrogens (tertiary/aromatic N) is 4. The Hall–Kier alpha value is -3.33. The van der Waals surface area contributed by atoms with Crippen LogP contribution in [0.4, 0.5) is 17.5 Å². The van der Waals surface area contributed by atoms with Crippen LogP contribution >= 0.6 is 0 Å². The lowest BCUT2D eigenvalue weighted by molar-refractivity contribution is 0.126. The van der Waals surface area contributed by atoms with Crippen molar-refractivity contribution >= 4 is 34.1 Å². The molecular weight excluding hydrogens is 370 g/mol. The number of nitrogens with one attached hydrogen (secondary N) is 3. The summed E-state index contributed by atoms with van der Waals surface area (Å²) >= 11 is 0. The summed E-state index contributed by atoms with van der Waals surface area (Å²) in [6.07, 6.45) is 3.34. The number of benzene rings is 1. The fourth-order valence-corrected chi connectivity index (χ4v) is 3.94. The minimum absolute atomic E-state index is 0.144. The molecule has 1 aliphatic rings. The third kappa shape index (κ3) is 3.33. The number of imidazole rings is 1. The lowest BCUT2D eigenvalue weighted by Gasteiger charge is -2.26. The normalized spacial score (nSPS) is 19.7. The summed E-state index contributed by atoms with van der Waals surface area (Å²) in [6, 6.07) is 11.8. The molecule has 1 aliphatic carbocycles. The summed E-state index contributed by atoms with van der Waals surface area (Å²) in [5.41, 5.74) is 2.99. The number of aliphatic hydroxyl groups is 1. The van der Waals surface area contributed by atoms with Gasteiger partial charge in [0.25, 0.3) is 0 Å². The van der Waals surface area contributed by atoms with Crippen LogP contribution in [0.1, 0.15) is 25.7 Å². The summed E-state index contributed by atoms with van der Waals surface area (Å²) in [4.78, 5) is 19.2. The molecule has 3 heterocycles. The second kappa shape index (κ2) is 6.93. The van der Waals surface area contributed by atoms with Crippen LogP contribution in [0.25, 0.3) is 16.7 Å². The van der Waals surface area contributed by atoms with Crippen LogP contribution < -0.4 is 16.3 Å². The van der Waals surface area contributed by atoms with Gasteiger partial charge in [-0.1, -0.05) is 6.07 Å². The number of pyridine rings is 1. The van der Waals surface area contributed by atoms with Crippen molar-refractivity contribution in [2.24, 2.45) is 7.05 Å². The maximum atomic E-state index is 11.8. The van der Waals surface area contributed by atoms with Crippen molar-refractivity contribution in [1.29, 1.82) is 0 Å². The van der Waals surface area contributed by atoms with Gasteiger partial charge < -0.3 is 20.7 Å². The molecule has 0 spiro atoms. The minimum atomic E-state index is -0.178. The van der Waals surface area contributed by atoms with E-state index in [0.29, 0.717) is 12.0 Å². The lowest BCUT2D eigenvalue weighted by atomic mass is 9.93. The Morgan fingerprint density at radius 2 is 2.00 bits per heavy atom. The summed E-state index contributed by atoms with van der Waals surface area (Å²) in [7, 11) is 1.74. The monoisotopic (exact) mass is 393 g/mol. The maximum Gasteiger partial charge on any atom is 0.326 e. The highest BCUT2D eigenvalue weighted by Gasteiger charge is 2.20. The zero-order chi connectivity index (χ0) is 20.0. The molecule has 0 amide bonds. The largest absolute Gasteiger partial charge is 0.393 e. The molecular formula is C20H23N7O2. The zero-order valence-electron chi connectivity index (χ0n) is 16.1. The van der Waals surface area contributed by atoms with Crippen molar-refractivity contribution in [3.63, 3.8) is 0 Å². The van der Waals surface area contributed by atoms with Gasteiger partial charge in [-0.05, 0) is 56.0 Å². The molecule has 29 heavy (non-hydrogen) atoms. The molecule has 5 rings (SSSR count). The van der Waals surface area contributed by atoms with Gasteiger partial charge in [-0.25, -0.2) is 4.79 Å². The summed E-state index contributed by atoms with van der Waals surface area (Å²) in [5, 5.41) is 21.1. The molecule has 0 atom stereocenters. The Labute approximate surface area is 166 Å². The molecule has 1 fully saturated rings. The molecule has 9 heteroatoms. The first-order chi connectivity index (χ1) is 14.1. The molecule has 0 saturated heterocycles. The molecule has 150 valence electrons. The van der Waals surface area contributed by atoms with Crippen LogP contribution in [0.2, 0.25) is 0 Å². The standard InChI is InChI=1S/C20H23N7O2/c1-26-16-10-7-13(11-15(16)23-20(26)29)22-19-24-18-4-2-3-17(27(18)25-19)21-12-5-8-14(28)9-6-12/h2-4,7,10-12,14,21,28H,5-6,8-9H2,1H3,(H,22,25)(H,23,29)/t12-,14+. The van der Waals surface area contributed by atoms with Crippen LogP contribution in [-0.2, 0) is 7.05 Å². The lowest BCUT2D eigenvalue weighted by Crippen LogP contribution is -2.29. The van der Waals surface area contributed by atoms with Gasteiger partial charge in [0.1, 0.15) is 5.82 Å². The van der Waals surface area contributed by atoms with Crippen molar-refractivity contribution in [3.8, 4) is 0 Å². The number of rotatable bonds is 4. The fraction of sp³-hybridized carbons (Fsp3) is 0.350. The van der Waals surface area contributed by atoms with Gasteiger partial charge in [0.15, 0.2) is 5.65 Å². The second-order valence-electron chi connectivity index (χ2n) is 7.61. The number of aromatic amines is 1. The summed E-state index contributed by atoms with van der Waals surface area (Å²) in [5.74, 6) is 1.36. The van der Waals surface area contributed by atoms with Crippen LogP contribution in [0.5, 0.6) is 0 Å². The number of H-pyrrole nitrogens is 1. The molecule has 0 radical (unpaired) electrons. The van der Waals surface area contributed by atoms with E-state index in [2.05, 4.69) is 25.7 Å². The van der Waals surface area contributed by atoms with Crippen molar-refractivity contribution in [2.75, 3.05) is 10.6 Å². The number of hydrogen-bond acceptors (Lipinski definition) is 6. The van der Waals surface area contributed by atoms with Crippen LogP contribution in [0.15, 0.2) is 41.2 Å². The molecule has 1 saturated carbocycles. The molecule has 1 aromatic carbocycles. The summed E-state index contributed by atoms with van der Waals surface area (Å²) in [6.45, 7) is 0. The summed E-state index contributed by atoms with van der Waals surface area (Å²) < 4.78 is 3.36. The average Bonchev–Trinajstić information content (AvgIpc) is 3.24. The molecule has 9 nitrogen and oxygen atoms in total. The van der Waals surface area contributed by atoms with Gasteiger partial charge >= 0.3 is 5.69 Å². The first-order valence-electron chi connectivity index (χ1n) is 9.83. The molecule has 4 aromatic rings. The van der Waals surface area contributed by atoms with E-state index >= 15 is 0 Å². The molecule has 0 aliphatic heterocycles. The Kier molecular flexibility index (Phi) is 4.24. The van der Waals surface area contributed by atoms with E-state index < -0.39 is 0 Å². The number of aryl methyl sites for hydroxylation is 1. The molecule has 3 aromatic heterocycles. The van der Waals surface area contributed by atoms with Gasteiger partial charge in [0.05, 0.1) is 17.1 Å².